The Morgan fingerprint density at radius 3 is 2.94 bits per heavy atom. The van der Waals surface area contributed by atoms with Gasteiger partial charge in [0.2, 0.25) is 0 Å². The highest BCUT2D eigenvalue weighted by molar-refractivity contribution is 5.89. The molecule has 82 valence electrons. The van der Waals surface area contributed by atoms with E-state index in [1.807, 2.05) is 0 Å². The third-order valence-corrected chi connectivity index (χ3v) is 2.01. The number of aromatic nitrogens is 3. The lowest BCUT2D eigenvalue weighted by Crippen LogP contribution is -2.04. The zero-order valence-corrected chi connectivity index (χ0v) is 8.62. The number of esters is 1. The van der Waals surface area contributed by atoms with Gasteiger partial charge in [-0.3, -0.25) is 0 Å². The number of ether oxygens (including phenoxy) is 1. The fraction of sp³-hybridized carbons (Fsp3) is 0.100. The van der Waals surface area contributed by atoms with Gasteiger partial charge in [0.1, 0.15) is 0 Å². The van der Waals surface area contributed by atoms with Crippen molar-refractivity contribution in [1.29, 1.82) is 0 Å². The number of rotatable bonds is 2. The van der Waals surface area contributed by atoms with E-state index >= 15 is 0 Å². The summed E-state index contributed by atoms with van der Waals surface area (Å²) >= 11 is 0. The molecule has 0 spiro atoms. The molecule has 2 rings (SSSR count). The van der Waals surface area contributed by atoms with Gasteiger partial charge < -0.3 is 10.5 Å². The number of hydrogen-bond donors (Lipinski definition) is 1. The molecule has 1 aromatic carbocycles. The fourth-order valence-electron chi connectivity index (χ4n) is 1.27. The van der Waals surface area contributed by atoms with Gasteiger partial charge in [-0.2, -0.15) is 5.10 Å². The Morgan fingerprint density at radius 1 is 1.50 bits per heavy atom. The maximum Gasteiger partial charge on any atom is 0.337 e. The summed E-state index contributed by atoms with van der Waals surface area (Å²) in [5.74, 6) is -0.0783. The number of hydrogen-bond acceptors (Lipinski definition) is 5. The Balaban J connectivity index is 2.39. The normalized spacial score (nSPS) is 10.1. The molecule has 0 atom stereocenters. The van der Waals surface area contributed by atoms with Crippen molar-refractivity contribution in [2.75, 3.05) is 12.8 Å². The summed E-state index contributed by atoms with van der Waals surface area (Å²) in [4.78, 5) is 12.7. The summed E-state index contributed by atoms with van der Waals surface area (Å²) in [7, 11) is 1.33. The van der Waals surface area contributed by atoms with E-state index in [4.69, 9.17) is 5.73 Å². The Morgan fingerprint density at radius 2 is 2.31 bits per heavy atom. The first kappa shape index (κ1) is 10.2. The second-order valence-corrected chi connectivity index (χ2v) is 3.10. The lowest BCUT2D eigenvalue weighted by atomic mass is 10.2. The summed E-state index contributed by atoms with van der Waals surface area (Å²) < 4.78 is 4.62. The Labute approximate surface area is 91.6 Å². The van der Waals surface area contributed by atoms with Crippen molar-refractivity contribution in [2.45, 2.75) is 0 Å². The molecule has 0 amide bonds. The number of nitrogens with two attached hydrogens (primary N) is 1. The van der Waals surface area contributed by atoms with Crippen molar-refractivity contribution in [2.24, 2.45) is 0 Å². The molecule has 0 unspecified atom stereocenters. The van der Waals surface area contributed by atoms with E-state index in [0.29, 0.717) is 17.1 Å². The van der Waals surface area contributed by atoms with Crippen LogP contribution in [0.5, 0.6) is 0 Å². The van der Waals surface area contributed by atoms with Gasteiger partial charge in [-0.05, 0) is 18.2 Å². The summed E-state index contributed by atoms with van der Waals surface area (Å²) in [6, 6.07) is 6.78. The number of carbonyl (C=O) groups is 1. The molecule has 0 bridgehead atoms. The minimum Gasteiger partial charge on any atom is -0.465 e. The van der Waals surface area contributed by atoms with Crippen LogP contribution in [0.15, 0.2) is 30.5 Å². The van der Waals surface area contributed by atoms with Crippen molar-refractivity contribution < 1.29 is 9.53 Å². The van der Waals surface area contributed by atoms with Crippen LogP contribution in [0.3, 0.4) is 0 Å². The molecule has 0 aliphatic rings. The van der Waals surface area contributed by atoms with E-state index < -0.39 is 5.97 Å². The third-order valence-electron chi connectivity index (χ3n) is 2.01. The van der Waals surface area contributed by atoms with Crippen LogP contribution < -0.4 is 5.73 Å². The number of carbonyl (C=O) groups excluding carboxylic acids is 1. The van der Waals surface area contributed by atoms with E-state index in [1.54, 1.807) is 24.3 Å². The van der Waals surface area contributed by atoms with Gasteiger partial charge >= 0.3 is 5.97 Å². The van der Waals surface area contributed by atoms with Crippen LogP contribution in [0.1, 0.15) is 10.4 Å². The molecule has 1 aromatic heterocycles. The number of anilines is 1. The van der Waals surface area contributed by atoms with Gasteiger partial charge in [-0.15, -0.1) is 9.90 Å². The molecule has 2 N–H and O–H groups in total. The molecular weight excluding hydrogens is 208 g/mol. The number of nitrogens with zero attached hydrogens (tertiary/aromatic N) is 3. The molecule has 0 fully saturated rings. The van der Waals surface area contributed by atoms with Crippen LogP contribution in [0, 0.1) is 0 Å². The van der Waals surface area contributed by atoms with Crippen molar-refractivity contribution in [3.05, 3.63) is 36.0 Å². The maximum absolute atomic E-state index is 11.3. The summed E-state index contributed by atoms with van der Waals surface area (Å²) in [5.41, 5.74) is 6.55. The quantitative estimate of drug-likeness (QED) is 0.748. The minimum absolute atomic E-state index is 0.323. The van der Waals surface area contributed by atoms with Crippen molar-refractivity contribution in [3.63, 3.8) is 0 Å². The van der Waals surface area contributed by atoms with Crippen LogP contribution in [0.25, 0.3) is 5.69 Å². The first-order chi connectivity index (χ1) is 7.70. The van der Waals surface area contributed by atoms with Gasteiger partial charge in [0.15, 0.2) is 5.82 Å². The molecule has 0 saturated carbocycles. The minimum atomic E-state index is -0.401. The van der Waals surface area contributed by atoms with Crippen molar-refractivity contribution >= 4 is 11.8 Å². The Bertz CT molecular complexity index is 521. The lowest BCUT2D eigenvalue weighted by molar-refractivity contribution is 0.0600. The maximum atomic E-state index is 11.3. The lowest BCUT2D eigenvalue weighted by Gasteiger charge is -2.02. The number of methoxy groups -OCH3 is 1. The molecule has 6 heteroatoms. The van der Waals surface area contributed by atoms with Gasteiger partial charge in [0, 0.05) is 0 Å². The molecule has 0 radical (unpaired) electrons. The van der Waals surface area contributed by atoms with E-state index in [-0.39, 0.29) is 0 Å². The average Bonchev–Trinajstić information content (AvgIpc) is 2.75. The van der Waals surface area contributed by atoms with Crippen LogP contribution in [0.2, 0.25) is 0 Å². The topological polar surface area (TPSA) is 83.0 Å². The van der Waals surface area contributed by atoms with Gasteiger partial charge in [-0.25, -0.2) is 4.79 Å². The summed E-state index contributed by atoms with van der Waals surface area (Å²) in [6.07, 6.45) is 1.44. The highest BCUT2D eigenvalue weighted by Crippen LogP contribution is 2.10. The largest absolute Gasteiger partial charge is 0.465 e. The fourth-order valence-corrected chi connectivity index (χ4v) is 1.27. The van der Waals surface area contributed by atoms with E-state index in [1.165, 1.54) is 18.1 Å². The third kappa shape index (κ3) is 1.85. The number of benzene rings is 1. The average molecular weight is 218 g/mol. The number of nitrogen functional groups attached to an aromatic ring is 1. The summed E-state index contributed by atoms with van der Waals surface area (Å²) in [5, 5.41) is 7.88. The van der Waals surface area contributed by atoms with Gasteiger partial charge in [0.25, 0.3) is 0 Å². The van der Waals surface area contributed by atoms with E-state index in [2.05, 4.69) is 14.9 Å². The standard InChI is InChI=1S/C10H10N4O2/c1-16-10(15)7-3-2-4-8(5-7)14-12-6-9(11)13-14/h2-6H,1H3,(H2,11,13). The highest BCUT2D eigenvalue weighted by atomic mass is 16.5. The molecule has 1 heterocycles. The van der Waals surface area contributed by atoms with Crippen molar-refractivity contribution in [1.82, 2.24) is 15.0 Å². The Hall–Kier alpha value is -2.37. The molecule has 16 heavy (non-hydrogen) atoms. The SMILES string of the molecule is COC(=O)c1cccc(-n2ncc(N)n2)c1. The highest BCUT2D eigenvalue weighted by Gasteiger charge is 2.07. The van der Waals surface area contributed by atoms with Crippen LogP contribution in [0.4, 0.5) is 5.82 Å². The second-order valence-electron chi connectivity index (χ2n) is 3.10. The van der Waals surface area contributed by atoms with Gasteiger partial charge in [0.05, 0.1) is 24.6 Å². The van der Waals surface area contributed by atoms with Crippen LogP contribution in [-0.2, 0) is 4.74 Å². The molecule has 0 aliphatic heterocycles. The predicted octanol–water partition coefficient (Wildman–Crippen LogP) is 0.636. The van der Waals surface area contributed by atoms with Crippen LogP contribution in [-0.4, -0.2) is 28.1 Å². The van der Waals surface area contributed by atoms with E-state index in [9.17, 15) is 4.79 Å². The van der Waals surface area contributed by atoms with Crippen LogP contribution >= 0.6 is 0 Å². The second kappa shape index (κ2) is 4.01. The zero-order valence-electron chi connectivity index (χ0n) is 8.62. The zero-order chi connectivity index (χ0) is 11.5. The monoisotopic (exact) mass is 218 g/mol. The smallest absolute Gasteiger partial charge is 0.337 e. The predicted molar refractivity (Wildman–Crippen MR) is 57.1 cm³/mol. The molecule has 6 nitrogen and oxygen atoms in total. The van der Waals surface area contributed by atoms with Gasteiger partial charge in [-0.1, -0.05) is 6.07 Å². The molecular formula is C10H10N4O2. The Kier molecular flexibility index (Phi) is 2.55. The summed E-state index contributed by atoms with van der Waals surface area (Å²) in [6.45, 7) is 0. The van der Waals surface area contributed by atoms with Crippen molar-refractivity contribution in [3.8, 4) is 5.69 Å². The molecule has 0 aliphatic carbocycles. The molecule has 2 aromatic rings. The van der Waals surface area contributed by atoms with E-state index in [0.717, 1.165) is 0 Å². The molecule has 0 saturated heterocycles. The first-order valence-electron chi connectivity index (χ1n) is 4.57. The first-order valence-corrected chi connectivity index (χ1v) is 4.57.